The number of rotatable bonds is 5. The highest BCUT2D eigenvalue weighted by molar-refractivity contribution is 7.99. The van der Waals surface area contributed by atoms with E-state index in [1.54, 1.807) is 6.33 Å². The number of amides is 1. The van der Waals surface area contributed by atoms with E-state index in [0.717, 1.165) is 41.1 Å². The van der Waals surface area contributed by atoms with Gasteiger partial charge in [-0.15, -0.1) is 0 Å². The molecule has 1 aliphatic rings. The Hall–Kier alpha value is -2.08. The first-order valence-corrected chi connectivity index (χ1v) is 10.1. The van der Waals surface area contributed by atoms with Gasteiger partial charge in [0.15, 0.2) is 0 Å². The molecule has 1 aromatic heterocycles. The Morgan fingerprint density at radius 2 is 2.00 bits per heavy atom. The molecule has 1 saturated heterocycles. The van der Waals surface area contributed by atoms with E-state index in [9.17, 15) is 4.79 Å². The fraction of sp³-hybridized carbons (Fsp3) is 0.450. The lowest BCUT2D eigenvalue weighted by Gasteiger charge is -2.31. The third-order valence-corrected chi connectivity index (χ3v) is 5.67. The average molecular weight is 371 g/mol. The largest absolute Gasteiger partial charge is 0.356 e. The minimum absolute atomic E-state index is 0.0195. The molecule has 0 radical (unpaired) electrons. The maximum Gasteiger partial charge on any atom is 0.234 e. The fourth-order valence-electron chi connectivity index (χ4n) is 3.10. The topological polar surface area (TPSA) is 58.1 Å². The molecular formula is C20H26N4OS. The Balaban J connectivity index is 1.56. The van der Waals surface area contributed by atoms with Crippen LogP contribution in [0.4, 0.5) is 11.5 Å². The molecule has 1 amide bonds. The molecule has 1 N–H and O–H groups in total. The molecule has 0 bridgehead atoms. The van der Waals surface area contributed by atoms with E-state index >= 15 is 0 Å². The zero-order valence-corrected chi connectivity index (χ0v) is 16.5. The number of aryl methyl sites for hydroxylation is 2. The molecule has 2 heterocycles. The molecule has 1 aromatic carbocycles. The van der Waals surface area contributed by atoms with Crippen molar-refractivity contribution in [3.8, 4) is 0 Å². The molecule has 0 spiro atoms. The van der Waals surface area contributed by atoms with Crippen molar-refractivity contribution in [2.45, 2.75) is 38.6 Å². The number of nitrogens with one attached hydrogen (secondary N) is 1. The Morgan fingerprint density at radius 1 is 1.23 bits per heavy atom. The minimum atomic E-state index is -0.0195. The van der Waals surface area contributed by atoms with Gasteiger partial charge in [0.25, 0.3) is 0 Å². The molecule has 1 aliphatic heterocycles. The first-order chi connectivity index (χ1) is 12.5. The van der Waals surface area contributed by atoms with Crippen LogP contribution in [0.5, 0.6) is 0 Å². The van der Waals surface area contributed by atoms with Crippen LogP contribution in [0, 0.1) is 19.8 Å². The summed E-state index contributed by atoms with van der Waals surface area (Å²) in [7, 11) is 0. The van der Waals surface area contributed by atoms with Gasteiger partial charge in [-0.05, 0) is 44.2 Å². The van der Waals surface area contributed by atoms with E-state index < -0.39 is 0 Å². The summed E-state index contributed by atoms with van der Waals surface area (Å²) >= 11 is 1.45. The summed E-state index contributed by atoms with van der Waals surface area (Å²) in [6, 6.07) is 8.02. The van der Waals surface area contributed by atoms with Gasteiger partial charge in [-0.2, -0.15) is 0 Å². The zero-order valence-electron chi connectivity index (χ0n) is 15.7. The number of carbonyl (C=O) groups is 1. The number of thioether (sulfide) groups is 1. The smallest absolute Gasteiger partial charge is 0.234 e. The van der Waals surface area contributed by atoms with Crippen molar-refractivity contribution in [3.63, 3.8) is 0 Å². The van der Waals surface area contributed by atoms with Gasteiger partial charge in [0.1, 0.15) is 17.2 Å². The van der Waals surface area contributed by atoms with E-state index in [-0.39, 0.29) is 5.91 Å². The summed E-state index contributed by atoms with van der Waals surface area (Å²) in [6.07, 6.45) is 3.99. The lowest BCUT2D eigenvalue weighted by molar-refractivity contribution is -0.113. The molecular weight excluding hydrogens is 344 g/mol. The van der Waals surface area contributed by atoms with E-state index in [1.807, 2.05) is 32.0 Å². The van der Waals surface area contributed by atoms with Gasteiger partial charge in [-0.25, -0.2) is 9.97 Å². The first-order valence-electron chi connectivity index (χ1n) is 9.08. The second-order valence-electron chi connectivity index (χ2n) is 7.04. The summed E-state index contributed by atoms with van der Waals surface area (Å²) in [5.74, 6) is 2.06. The van der Waals surface area contributed by atoms with Crippen LogP contribution in [0.2, 0.25) is 0 Å². The quantitative estimate of drug-likeness (QED) is 0.635. The summed E-state index contributed by atoms with van der Waals surface area (Å²) in [5.41, 5.74) is 3.13. The van der Waals surface area contributed by atoms with Gasteiger partial charge in [-0.3, -0.25) is 4.79 Å². The lowest BCUT2D eigenvalue weighted by Crippen LogP contribution is -2.33. The van der Waals surface area contributed by atoms with Crippen LogP contribution in [-0.4, -0.2) is 34.7 Å². The Bertz CT molecular complexity index is 772. The molecule has 3 rings (SSSR count). The summed E-state index contributed by atoms with van der Waals surface area (Å²) in [4.78, 5) is 23.3. The lowest BCUT2D eigenvalue weighted by atomic mass is 9.99. The number of nitrogens with zero attached hydrogens (tertiary/aromatic N) is 3. The maximum absolute atomic E-state index is 12.3. The van der Waals surface area contributed by atoms with E-state index in [0.29, 0.717) is 5.75 Å². The van der Waals surface area contributed by atoms with Crippen molar-refractivity contribution < 1.29 is 4.79 Å². The van der Waals surface area contributed by atoms with Crippen molar-refractivity contribution in [2.24, 2.45) is 5.92 Å². The molecule has 0 unspecified atom stereocenters. The Morgan fingerprint density at radius 3 is 2.73 bits per heavy atom. The second kappa shape index (κ2) is 8.54. The number of piperidine rings is 1. The molecule has 0 aliphatic carbocycles. The molecule has 5 nitrogen and oxygen atoms in total. The van der Waals surface area contributed by atoms with Crippen molar-refractivity contribution in [1.82, 2.24) is 9.97 Å². The van der Waals surface area contributed by atoms with Crippen molar-refractivity contribution in [3.05, 3.63) is 41.7 Å². The molecule has 0 atom stereocenters. The second-order valence-corrected chi connectivity index (χ2v) is 8.03. The van der Waals surface area contributed by atoms with E-state index in [1.165, 1.54) is 30.2 Å². The molecule has 26 heavy (non-hydrogen) atoms. The van der Waals surface area contributed by atoms with Crippen molar-refractivity contribution in [2.75, 3.05) is 29.1 Å². The highest BCUT2D eigenvalue weighted by atomic mass is 32.2. The van der Waals surface area contributed by atoms with Crippen LogP contribution in [0.3, 0.4) is 0 Å². The van der Waals surface area contributed by atoms with E-state index in [2.05, 4.69) is 33.2 Å². The van der Waals surface area contributed by atoms with Gasteiger partial charge in [0, 0.05) is 24.8 Å². The third-order valence-electron chi connectivity index (χ3n) is 4.74. The normalized spacial score (nSPS) is 15.1. The zero-order chi connectivity index (χ0) is 18.5. The summed E-state index contributed by atoms with van der Waals surface area (Å²) < 4.78 is 0. The van der Waals surface area contributed by atoms with Crippen molar-refractivity contribution in [1.29, 1.82) is 0 Å². The van der Waals surface area contributed by atoms with Crippen LogP contribution in [-0.2, 0) is 4.79 Å². The number of aromatic nitrogens is 2. The Labute approximate surface area is 159 Å². The van der Waals surface area contributed by atoms with Crippen LogP contribution >= 0.6 is 11.8 Å². The monoisotopic (exact) mass is 370 g/mol. The number of benzene rings is 1. The molecule has 0 saturated carbocycles. The van der Waals surface area contributed by atoms with Crippen LogP contribution in [0.1, 0.15) is 30.9 Å². The average Bonchev–Trinajstić information content (AvgIpc) is 2.63. The van der Waals surface area contributed by atoms with Gasteiger partial charge >= 0.3 is 0 Å². The predicted octanol–water partition coefficient (Wildman–Crippen LogP) is 4.06. The highest BCUT2D eigenvalue weighted by Gasteiger charge is 2.17. The van der Waals surface area contributed by atoms with Gasteiger partial charge in [0.2, 0.25) is 5.91 Å². The maximum atomic E-state index is 12.3. The highest BCUT2D eigenvalue weighted by Crippen LogP contribution is 2.24. The number of hydrogen-bond donors (Lipinski definition) is 1. The van der Waals surface area contributed by atoms with Crippen LogP contribution < -0.4 is 10.2 Å². The number of carbonyl (C=O) groups excluding carboxylic acids is 1. The fourth-order valence-corrected chi connectivity index (χ4v) is 3.76. The SMILES string of the molecule is Cc1ccc(NC(=O)CSc2cc(N3CCC(C)CC3)ncn2)c(C)c1. The Kier molecular flexibility index (Phi) is 6.14. The summed E-state index contributed by atoms with van der Waals surface area (Å²) in [6.45, 7) is 8.42. The standard InChI is InChI=1S/C20H26N4OS/c1-14-6-8-24(9-7-14)18-11-20(22-13-21-18)26-12-19(25)23-17-5-4-15(2)10-16(17)3/h4-5,10-11,13-14H,6-9,12H2,1-3H3,(H,23,25). The summed E-state index contributed by atoms with van der Waals surface area (Å²) in [5, 5.41) is 3.81. The van der Waals surface area contributed by atoms with Crippen molar-refractivity contribution >= 4 is 29.2 Å². The first kappa shape index (κ1) is 18.7. The van der Waals surface area contributed by atoms with Gasteiger partial charge in [0.05, 0.1) is 5.75 Å². The minimum Gasteiger partial charge on any atom is -0.356 e. The van der Waals surface area contributed by atoms with Gasteiger partial charge < -0.3 is 10.2 Å². The third kappa shape index (κ3) is 4.97. The molecule has 6 heteroatoms. The predicted molar refractivity (Wildman–Crippen MR) is 108 cm³/mol. The van der Waals surface area contributed by atoms with Crippen LogP contribution in [0.15, 0.2) is 35.6 Å². The number of anilines is 2. The van der Waals surface area contributed by atoms with Crippen LogP contribution in [0.25, 0.3) is 0 Å². The molecule has 1 fully saturated rings. The van der Waals surface area contributed by atoms with E-state index in [4.69, 9.17) is 0 Å². The molecule has 138 valence electrons. The van der Waals surface area contributed by atoms with Gasteiger partial charge in [-0.1, -0.05) is 36.4 Å². The molecule has 2 aromatic rings. The number of hydrogen-bond acceptors (Lipinski definition) is 5.